The van der Waals surface area contributed by atoms with Gasteiger partial charge in [0.1, 0.15) is 13.2 Å². The molecule has 49 heavy (non-hydrogen) atoms. The van der Waals surface area contributed by atoms with Gasteiger partial charge in [0, 0.05) is 6.42 Å². The molecule has 0 bridgehead atoms. The number of hydrogen-bond donors (Lipinski definition) is 3. The van der Waals surface area contributed by atoms with Crippen LogP contribution in [0.5, 0.6) is 0 Å². The summed E-state index contributed by atoms with van der Waals surface area (Å²) in [7, 11) is 1.54. The highest BCUT2D eigenvalue weighted by atomic mass is 31.2. The second-order valence-corrected chi connectivity index (χ2v) is 16.1. The minimum absolute atomic E-state index is 0.0531. The molecule has 0 aromatic heterocycles. The number of phosphoric ester groups is 1. The van der Waals surface area contributed by atoms with Crippen molar-refractivity contribution in [2.24, 2.45) is 0 Å². The molecule has 0 aromatic rings. The smallest absolute Gasteiger partial charge is 0.387 e. The first-order valence-corrected chi connectivity index (χ1v) is 21.4. The normalized spacial score (nSPS) is 15.0. The number of unbranched alkanes of at least 4 members (excludes halogenated alkanes) is 18. The van der Waals surface area contributed by atoms with Gasteiger partial charge in [-0.15, -0.1) is 0 Å². The molecule has 9 heteroatoms. The fraction of sp³-hybridized carbons (Fsp3) is 0.825. The van der Waals surface area contributed by atoms with E-state index in [2.05, 4.69) is 43.5 Å². The van der Waals surface area contributed by atoms with Crippen molar-refractivity contribution in [3.63, 3.8) is 0 Å². The average Bonchev–Trinajstić information content (AvgIpc) is 3.04. The number of aliphatic hydroxyl groups excluding tert-OH is 1. The molecule has 0 spiro atoms. The van der Waals surface area contributed by atoms with Crippen LogP contribution < -0.4 is 5.32 Å². The fourth-order valence-corrected chi connectivity index (χ4v) is 6.10. The van der Waals surface area contributed by atoms with Crippen molar-refractivity contribution in [2.45, 2.75) is 174 Å². The van der Waals surface area contributed by atoms with Crippen LogP contribution in [0.4, 0.5) is 0 Å². The van der Waals surface area contributed by atoms with E-state index in [9.17, 15) is 19.4 Å². The van der Waals surface area contributed by atoms with Crippen LogP contribution in [0, 0.1) is 0 Å². The Labute approximate surface area is 302 Å². The molecule has 3 unspecified atom stereocenters. The number of nitrogens with one attached hydrogen (secondary N) is 1. The van der Waals surface area contributed by atoms with Crippen LogP contribution in [-0.4, -0.2) is 73.4 Å². The topological polar surface area (TPSA) is 105 Å². The van der Waals surface area contributed by atoms with Gasteiger partial charge in [-0.25, -0.2) is 4.57 Å². The molecule has 0 saturated heterocycles. The van der Waals surface area contributed by atoms with Crippen molar-refractivity contribution in [3.8, 4) is 0 Å². The largest absolute Gasteiger partial charge is 0.472 e. The Bertz CT molecular complexity index is 902. The Morgan fingerprint density at radius 3 is 1.63 bits per heavy atom. The summed E-state index contributed by atoms with van der Waals surface area (Å²) in [6.07, 6.45) is 38.5. The zero-order chi connectivity index (χ0) is 36.5. The van der Waals surface area contributed by atoms with E-state index in [1.165, 1.54) is 89.9 Å². The molecule has 0 aliphatic carbocycles. The summed E-state index contributed by atoms with van der Waals surface area (Å²) in [5.74, 6) is -0.211. The third kappa shape index (κ3) is 34.9. The van der Waals surface area contributed by atoms with Crippen LogP contribution in [0.25, 0.3) is 0 Å². The predicted molar refractivity (Wildman–Crippen MR) is 208 cm³/mol. The lowest BCUT2D eigenvalue weighted by Gasteiger charge is -2.25. The van der Waals surface area contributed by atoms with Gasteiger partial charge in [-0.1, -0.05) is 147 Å². The predicted octanol–water partition coefficient (Wildman–Crippen LogP) is 10.4. The van der Waals surface area contributed by atoms with E-state index < -0.39 is 20.0 Å². The Balaban J connectivity index is 4.25. The summed E-state index contributed by atoms with van der Waals surface area (Å²) in [5, 5.41) is 13.6. The van der Waals surface area contributed by atoms with E-state index in [1.807, 2.05) is 27.2 Å². The number of hydrogen-bond acceptors (Lipinski definition) is 5. The summed E-state index contributed by atoms with van der Waals surface area (Å²) in [5.41, 5.74) is 0. The molecule has 0 radical (unpaired) electrons. The van der Waals surface area contributed by atoms with E-state index in [4.69, 9.17) is 9.05 Å². The first-order valence-electron chi connectivity index (χ1n) is 19.9. The van der Waals surface area contributed by atoms with Gasteiger partial charge in [0.05, 0.1) is 39.9 Å². The molecular weight excluding hydrogens is 635 g/mol. The number of amides is 1. The van der Waals surface area contributed by atoms with Gasteiger partial charge in [-0.05, 0) is 44.9 Å². The molecule has 0 aromatic carbocycles. The van der Waals surface area contributed by atoms with E-state index in [0.717, 1.165) is 51.4 Å². The van der Waals surface area contributed by atoms with Gasteiger partial charge in [0.15, 0.2) is 0 Å². The van der Waals surface area contributed by atoms with Gasteiger partial charge in [-0.2, -0.15) is 0 Å². The highest BCUT2D eigenvalue weighted by Crippen LogP contribution is 2.43. The fourth-order valence-electron chi connectivity index (χ4n) is 5.36. The molecule has 0 heterocycles. The lowest BCUT2D eigenvalue weighted by Crippen LogP contribution is -2.45. The zero-order valence-corrected chi connectivity index (χ0v) is 33.3. The number of carbonyl (C=O) groups excluding carboxylic acids is 1. The van der Waals surface area contributed by atoms with Crippen LogP contribution in [0.3, 0.4) is 0 Å². The average molecular weight is 714 g/mol. The van der Waals surface area contributed by atoms with Gasteiger partial charge in [0.25, 0.3) is 0 Å². The molecule has 3 atom stereocenters. The third-order valence-corrected chi connectivity index (χ3v) is 9.57. The maximum atomic E-state index is 12.5. The van der Waals surface area contributed by atoms with Crippen molar-refractivity contribution >= 4 is 13.7 Å². The minimum Gasteiger partial charge on any atom is -0.387 e. The Hall–Kier alpha value is -1.28. The van der Waals surface area contributed by atoms with Crippen LogP contribution in [0.15, 0.2) is 36.5 Å². The maximum Gasteiger partial charge on any atom is 0.472 e. The third-order valence-electron chi connectivity index (χ3n) is 8.59. The van der Waals surface area contributed by atoms with Crippen molar-refractivity contribution in [1.29, 1.82) is 0 Å². The standard InChI is InChI=1S/C40H77N2O6P/c1-6-8-10-12-13-14-15-16-17-18-19-20-21-22-23-24-25-26-27-28-29-30-31-33-39(43)38(41-40(44)34-32-11-9-7-2)37-48-49(45,46)47-36-35-42(3,4)5/h23-24,27-28,31,33,38-39,43H,6-22,25-26,29-30,32,34-37H2,1-5H3,(H-,41,44,45,46)/p+1/b24-23+,28-27+,33-31+. The van der Waals surface area contributed by atoms with Crippen LogP contribution in [0.2, 0.25) is 0 Å². The zero-order valence-electron chi connectivity index (χ0n) is 32.4. The molecule has 288 valence electrons. The van der Waals surface area contributed by atoms with E-state index >= 15 is 0 Å². The van der Waals surface area contributed by atoms with Crippen LogP contribution in [0.1, 0.15) is 162 Å². The minimum atomic E-state index is -4.33. The molecular formula is C40H78N2O6P+. The highest BCUT2D eigenvalue weighted by molar-refractivity contribution is 7.47. The van der Waals surface area contributed by atoms with E-state index in [1.54, 1.807) is 6.08 Å². The van der Waals surface area contributed by atoms with Crippen LogP contribution in [-0.2, 0) is 18.4 Å². The molecule has 0 rings (SSSR count). The number of nitrogens with zero attached hydrogens (tertiary/aromatic N) is 1. The summed E-state index contributed by atoms with van der Waals surface area (Å²) in [4.78, 5) is 22.6. The summed E-state index contributed by atoms with van der Waals surface area (Å²) in [6, 6.07) is -0.862. The summed E-state index contributed by atoms with van der Waals surface area (Å²) in [6.45, 7) is 4.64. The van der Waals surface area contributed by atoms with Gasteiger partial charge < -0.3 is 19.8 Å². The SMILES string of the molecule is CCCCCCCCCCCCCCC/C=C/CC/C=C/CC/C=C/C(O)C(COP(=O)(O)OCC[N+](C)(C)C)NC(=O)CCCCCC. The number of carbonyl (C=O) groups is 1. The van der Waals surface area contributed by atoms with Crippen LogP contribution >= 0.6 is 7.82 Å². The number of quaternary nitrogens is 1. The lowest BCUT2D eigenvalue weighted by molar-refractivity contribution is -0.870. The van der Waals surface area contributed by atoms with Crippen molar-refractivity contribution in [2.75, 3.05) is 40.9 Å². The molecule has 8 nitrogen and oxygen atoms in total. The second kappa shape index (κ2) is 32.6. The molecule has 0 fully saturated rings. The molecule has 1 amide bonds. The second-order valence-electron chi connectivity index (χ2n) is 14.6. The maximum absolute atomic E-state index is 12.5. The molecule has 0 saturated carbocycles. The number of rotatable bonds is 35. The molecule has 0 aliphatic rings. The van der Waals surface area contributed by atoms with E-state index in [-0.39, 0.29) is 19.1 Å². The Morgan fingerprint density at radius 1 is 0.673 bits per heavy atom. The number of likely N-dealkylation sites (N-methyl/N-ethyl adjacent to an activating group) is 1. The Morgan fingerprint density at radius 2 is 1.12 bits per heavy atom. The number of allylic oxidation sites excluding steroid dienone is 5. The number of aliphatic hydroxyl groups is 1. The van der Waals surface area contributed by atoms with Crippen molar-refractivity contribution in [3.05, 3.63) is 36.5 Å². The molecule has 0 aliphatic heterocycles. The van der Waals surface area contributed by atoms with Gasteiger partial charge in [-0.3, -0.25) is 13.8 Å². The first kappa shape index (κ1) is 47.7. The Kier molecular flexibility index (Phi) is 31.8. The first-order chi connectivity index (χ1) is 23.5. The number of phosphoric acid groups is 1. The lowest BCUT2D eigenvalue weighted by atomic mass is 10.0. The van der Waals surface area contributed by atoms with Gasteiger partial charge in [0.2, 0.25) is 5.91 Å². The quantitative estimate of drug-likeness (QED) is 0.0261. The van der Waals surface area contributed by atoms with Crippen molar-refractivity contribution < 1.29 is 32.9 Å². The van der Waals surface area contributed by atoms with Crippen molar-refractivity contribution in [1.82, 2.24) is 5.32 Å². The monoisotopic (exact) mass is 714 g/mol. The van der Waals surface area contributed by atoms with Gasteiger partial charge >= 0.3 is 7.82 Å². The highest BCUT2D eigenvalue weighted by Gasteiger charge is 2.27. The summed E-state index contributed by atoms with van der Waals surface area (Å²) < 4.78 is 23.3. The molecule has 3 N–H and O–H groups in total. The van der Waals surface area contributed by atoms with E-state index in [0.29, 0.717) is 17.4 Å². The summed E-state index contributed by atoms with van der Waals surface area (Å²) >= 11 is 0.